The van der Waals surface area contributed by atoms with E-state index in [1.54, 1.807) is 12.1 Å². The van der Waals surface area contributed by atoms with Crippen LogP contribution in [0.5, 0.6) is 0 Å². The number of aryl methyl sites for hydroxylation is 1. The molecule has 2 rings (SSSR count). The molecule has 0 unspecified atom stereocenters. The molecule has 1 amide bonds. The van der Waals surface area contributed by atoms with Crippen molar-refractivity contribution in [3.05, 3.63) is 29.8 Å². The molecule has 6 heteroatoms. The van der Waals surface area contributed by atoms with Crippen LogP contribution >= 0.6 is 0 Å². The average molecular weight is 338 g/mol. The van der Waals surface area contributed by atoms with E-state index >= 15 is 0 Å². The Kier molecular flexibility index (Phi) is 5.68. The Balaban J connectivity index is 2.02. The summed E-state index contributed by atoms with van der Waals surface area (Å²) >= 11 is 0. The topological polar surface area (TPSA) is 57.7 Å². The van der Waals surface area contributed by atoms with Gasteiger partial charge in [0.1, 0.15) is 0 Å². The van der Waals surface area contributed by atoms with Gasteiger partial charge in [0.2, 0.25) is 15.9 Å². The van der Waals surface area contributed by atoms with E-state index in [2.05, 4.69) is 6.92 Å². The molecule has 1 aliphatic heterocycles. The van der Waals surface area contributed by atoms with Crippen LogP contribution in [0.15, 0.2) is 24.3 Å². The lowest BCUT2D eigenvalue weighted by atomic mass is 9.99. The molecule has 0 atom stereocenters. The van der Waals surface area contributed by atoms with Crippen molar-refractivity contribution in [2.45, 2.75) is 33.1 Å². The van der Waals surface area contributed by atoms with Crippen molar-refractivity contribution in [3.8, 4) is 0 Å². The number of hydrogen-bond acceptors (Lipinski definition) is 3. The maximum atomic E-state index is 12.3. The monoisotopic (exact) mass is 338 g/mol. The fraction of sp³-hybridized carbons (Fsp3) is 0.588. The molecule has 0 spiro atoms. The molecule has 0 aromatic heterocycles. The molecule has 0 aliphatic carbocycles. The second-order valence-corrected chi connectivity index (χ2v) is 8.39. The fourth-order valence-corrected chi connectivity index (χ4v) is 3.74. The van der Waals surface area contributed by atoms with Crippen LogP contribution in [0.25, 0.3) is 0 Å². The van der Waals surface area contributed by atoms with Gasteiger partial charge in [-0.25, -0.2) is 8.42 Å². The zero-order valence-corrected chi connectivity index (χ0v) is 15.0. The van der Waals surface area contributed by atoms with Gasteiger partial charge in [-0.3, -0.25) is 9.10 Å². The molecule has 1 fully saturated rings. The zero-order valence-electron chi connectivity index (χ0n) is 14.2. The van der Waals surface area contributed by atoms with E-state index in [9.17, 15) is 13.2 Å². The molecule has 0 bridgehead atoms. The first kappa shape index (κ1) is 17.8. The summed E-state index contributed by atoms with van der Waals surface area (Å²) in [4.78, 5) is 14.2. The Morgan fingerprint density at radius 2 is 1.78 bits per heavy atom. The zero-order chi connectivity index (χ0) is 17.0. The normalized spacial score (nSPS) is 16.4. The van der Waals surface area contributed by atoms with Crippen molar-refractivity contribution in [1.82, 2.24) is 4.90 Å². The van der Waals surface area contributed by atoms with Crippen LogP contribution < -0.4 is 4.31 Å². The highest BCUT2D eigenvalue weighted by Crippen LogP contribution is 2.20. The van der Waals surface area contributed by atoms with E-state index in [-0.39, 0.29) is 18.9 Å². The van der Waals surface area contributed by atoms with E-state index in [4.69, 9.17) is 0 Å². The van der Waals surface area contributed by atoms with Gasteiger partial charge in [-0.2, -0.15) is 0 Å². The number of rotatable bonds is 5. The minimum atomic E-state index is -3.40. The first-order chi connectivity index (χ1) is 10.8. The number of amides is 1. The van der Waals surface area contributed by atoms with Crippen LogP contribution in [-0.2, 0) is 14.8 Å². The molecule has 1 saturated heterocycles. The van der Waals surface area contributed by atoms with Gasteiger partial charge in [0.05, 0.1) is 11.9 Å². The summed E-state index contributed by atoms with van der Waals surface area (Å²) in [5.74, 6) is 0.705. The lowest BCUT2D eigenvalue weighted by molar-refractivity contribution is -0.132. The lowest BCUT2D eigenvalue weighted by Gasteiger charge is -2.31. The predicted molar refractivity (Wildman–Crippen MR) is 93.0 cm³/mol. The van der Waals surface area contributed by atoms with Gasteiger partial charge in [-0.1, -0.05) is 24.6 Å². The van der Waals surface area contributed by atoms with Crippen LogP contribution in [-0.4, -0.2) is 45.1 Å². The SMILES string of the molecule is Cc1ccc(N(CCC(=O)N2CCC(C)CC2)S(C)(=O)=O)cc1. The minimum Gasteiger partial charge on any atom is -0.343 e. The predicted octanol–water partition coefficient (Wildman–Crippen LogP) is 2.41. The number of likely N-dealkylation sites (tertiary alicyclic amines) is 1. The smallest absolute Gasteiger partial charge is 0.232 e. The van der Waals surface area contributed by atoms with Crippen molar-refractivity contribution < 1.29 is 13.2 Å². The van der Waals surface area contributed by atoms with E-state index < -0.39 is 10.0 Å². The molecular formula is C17H26N2O3S. The number of benzene rings is 1. The molecule has 1 heterocycles. The van der Waals surface area contributed by atoms with Crippen LogP contribution in [0.4, 0.5) is 5.69 Å². The number of piperidine rings is 1. The standard InChI is InChI=1S/C17H26N2O3S/c1-14-4-6-16(7-5-14)19(23(3,21)22)13-10-17(20)18-11-8-15(2)9-12-18/h4-7,15H,8-13H2,1-3H3. The van der Waals surface area contributed by atoms with Gasteiger partial charge >= 0.3 is 0 Å². The largest absolute Gasteiger partial charge is 0.343 e. The molecule has 1 aromatic rings. The van der Waals surface area contributed by atoms with Crippen molar-refractivity contribution in [3.63, 3.8) is 0 Å². The molecule has 5 nitrogen and oxygen atoms in total. The third kappa shape index (κ3) is 4.96. The molecule has 1 aromatic carbocycles. The molecule has 0 radical (unpaired) electrons. The van der Waals surface area contributed by atoms with Gasteiger partial charge in [0, 0.05) is 26.1 Å². The van der Waals surface area contributed by atoms with Gasteiger partial charge in [-0.15, -0.1) is 0 Å². The number of carbonyl (C=O) groups is 1. The van der Waals surface area contributed by atoms with Crippen molar-refractivity contribution in [1.29, 1.82) is 0 Å². The summed E-state index contributed by atoms with van der Waals surface area (Å²) in [6, 6.07) is 7.32. The van der Waals surface area contributed by atoms with Crippen molar-refractivity contribution in [2.75, 3.05) is 30.2 Å². The summed E-state index contributed by atoms with van der Waals surface area (Å²) in [6.45, 7) is 5.90. The highest BCUT2D eigenvalue weighted by molar-refractivity contribution is 7.92. The maximum Gasteiger partial charge on any atom is 0.232 e. The second kappa shape index (κ2) is 7.34. The van der Waals surface area contributed by atoms with Gasteiger partial charge in [-0.05, 0) is 37.8 Å². The number of carbonyl (C=O) groups excluding carboxylic acids is 1. The Labute approximate surface area is 139 Å². The minimum absolute atomic E-state index is 0.0395. The third-order valence-corrected chi connectivity index (χ3v) is 5.58. The summed E-state index contributed by atoms with van der Waals surface area (Å²) < 4.78 is 25.4. The number of anilines is 1. The number of nitrogens with zero attached hydrogens (tertiary/aromatic N) is 2. The van der Waals surface area contributed by atoms with Crippen LogP contribution in [0.2, 0.25) is 0 Å². The second-order valence-electron chi connectivity index (χ2n) is 6.48. The molecular weight excluding hydrogens is 312 g/mol. The average Bonchev–Trinajstić information content (AvgIpc) is 2.48. The summed E-state index contributed by atoms with van der Waals surface area (Å²) in [5, 5.41) is 0. The van der Waals surface area contributed by atoms with Gasteiger partial charge in [0.25, 0.3) is 0 Å². The maximum absolute atomic E-state index is 12.3. The molecule has 1 aliphatic rings. The third-order valence-electron chi connectivity index (χ3n) is 4.39. The number of hydrogen-bond donors (Lipinski definition) is 0. The highest BCUT2D eigenvalue weighted by atomic mass is 32.2. The summed E-state index contributed by atoms with van der Waals surface area (Å²) in [6.07, 6.45) is 3.45. The fourth-order valence-electron chi connectivity index (χ4n) is 2.81. The summed E-state index contributed by atoms with van der Waals surface area (Å²) in [5.41, 5.74) is 1.68. The van der Waals surface area contributed by atoms with Crippen LogP contribution in [0, 0.1) is 12.8 Å². The van der Waals surface area contributed by atoms with Crippen molar-refractivity contribution >= 4 is 21.6 Å². The first-order valence-electron chi connectivity index (χ1n) is 8.09. The molecule has 23 heavy (non-hydrogen) atoms. The Hall–Kier alpha value is -1.56. The van der Waals surface area contributed by atoms with Gasteiger partial charge in [0.15, 0.2) is 0 Å². The molecule has 0 N–H and O–H groups in total. The number of sulfonamides is 1. The van der Waals surface area contributed by atoms with E-state index in [0.717, 1.165) is 31.5 Å². The Morgan fingerprint density at radius 3 is 2.30 bits per heavy atom. The lowest BCUT2D eigenvalue weighted by Crippen LogP contribution is -2.40. The Bertz CT molecular complexity index is 632. The van der Waals surface area contributed by atoms with E-state index in [0.29, 0.717) is 11.6 Å². The molecule has 128 valence electrons. The van der Waals surface area contributed by atoms with Crippen LogP contribution in [0.3, 0.4) is 0 Å². The van der Waals surface area contributed by atoms with E-state index in [1.807, 2.05) is 24.0 Å². The van der Waals surface area contributed by atoms with E-state index in [1.165, 1.54) is 10.6 Å². The van der Waals surface area contributed by atoms with Gasteiger partial charge < -0.3 is 4.90 Å². The summed E-state index contributed by atoms with van der Waals surface area (Å²) in [7, 11) is -3.40. The van der Waals surface area contributed by atoms with Crippen molar-refractivity contribution in [2.24, 2.45) is 5.92 Å². The van der Waals surface area contributed by atoms with Crippen LogP contribution in [0.1, 0.15) is 31.7 Å². The molecule has 0 saturated carbocycles. The quantitative estimate of drug-likeness (QED) is 0.828. The Morgan fingerprint density at radius 1 is 1.22 bits per heavy atom. The first-order valence-corrected chi connectivity index (χ1v) is 9.94. The highest BCUT2D eigenvalue weighted by Gasteiger charge is 2.23.